The fourth-order valence-electron chi connectivity index (χ4n) is 5.55. The van der Waals surface area contributed by atoms with Crippen LogP contribution in [-0.2, 0) is 25.3 Å². The number of methoxy groups -OCH3 is 5. The number of ether oxygens (including phenoxy) is 5. The van der Waals surface area contributed by atoms with Crippen LogP contribution < -0.4 is 14.2 Å². The van der Waals surface area contributed by atoms with Gasteiger partial charge in [0.25, 0.3) is 0 Å². The molecular weight excluding hydrogens is 412 g/mol. The molecule has 0 heterocycles. The minimum atomic E-state index is -2.02. The SMILES string of the molecule is COc1cccc(OC)c1[C@@H]1[C@H]2C(OC)(OC)c3cccc(OC)c3[C@@]12O[Si](C)(C)C. The molecule has 0 N–H and O–H groups in total. The van der Waals surface area contributed by atoms with Gasteiger partial charge < -0.3 is 28.1 Å². The van der Waals surface area contributed by atoms with Crippen LogP contribution in [0.25, 0.3) is 0 Å². The summed E-state index contributed by atoms with van der Waals surface area (Å²) in [5.41, 5.74) is 2.24. The molecule has 0 unspecified atom stereocenters. The van der Waals surface area contributed by atoms with Gasteiger partial charge in [-0.15, -0.1) is 0 Å². The second-order valence-electron chi connectivity index (χ2n) is 9.00. The first kappa shape index (κ1) is 22.1. The molecule has 0 aromatic heterocycles. The van der Waals surface area contributed by atoms with Gasteiger partial charge in [0.1, 0.15) is 22.8 Å². The molecule has 0 amide bonds. The van der Waals surface area contributed by atoms with Gasteiger partial charge in [-0.05, 0) is 37.8 Å². The highest BCUT2D eigenvalue weighted by Crippen LogP contribution is 2.81. The highest BCUT2D eigenvalue weighted by Gasteiger charge is 2.83. The molecule has 2 aromatic rings. The predicted molar refractivity (Wildman–Crippen MR) is 121 cm³/mol. The van der Waals surface area contributed by atoms with E-state index in [1.54, 1.807) is 35.5 Å². The van der Waals surface area contributed by atoms with Crippen molar-refractivity contribution in [2.24, 2.45) is 5.92 Å². The van der Waals surface area contributed by atoms with Crippen molar-refractivity contribution in [2.75, 3.05) is 35.5 Å². The molecule has 168 valence electrons. The molecule has 0 saturated heterocycles. The molecule has 2 aromatic carbocycles. The standard InChI is InChI=1S/C24H32O6Si/c1-25-16-12-10-13-17(26-2)19(16)21-22-23(21,30-31(6,7)8)20-15(24(22,28-4)29-5)11-9-14-18(20)27-3/h9-14,21-22H,1-8H3/t21-,22-,23-/m1/s1. The minimum Gasteiger partial charge on any atom is -0.496 e. The summed E-state index contributed by atoms with van der Waals surface area (Å²) < 4.78 is 36.7. The molecule has 7 heteroatoms. The zero-order chi connectivity index (χ0) is 22.6. The van der Waals surface area contributed by atoms with Gasteiger partial charge in [-0.3, -0.25) is 0 Å². The van der Waals surface area contributed by atoms with E-state index in [1.807, 2.05) is 36.4 Å². The lowest BCUT2D eigenvalue weighted by Gasteiger charge is -2.32. The Kier molecular flexibility index (Phi) is 5.37. The number of hydrogen-bond acceptors (Lipinski definition) is 6. The average Bonchev–Trinajstić information content (AvgIpc) is 3.32. The van der Waals surface area contributed by atoms with E-state index in [0.717, 1.165) is 33.9 Å². The number of fused-ring (bicyclic) bond motifs is 3. The van der Waals surface area contributed by atoms with E-state index in [-0.39, 0.29) is 11.8 Å². The zero-order valence-corrected chi connectivity index (χ0v) is 20.6. The molecule has 4 rings (SSSR count). The average molecular weight is 445 g/mol. The number of rotatable bonds is 8. The van der Waals surface area contributed by atoms with E-state index in [9.17, 15) is 0 Å². The van der Waals surface area contributed by atoms with Crippen molar-refractivity contribution in [3.63, 3.8) is 0 Å². The lowest BCUT2D eigenvalue weighted by Crippen LogP contribution is -2.34. The van der Waals surface area contributed by atoms with Crippen LogP contribution in [0, 0.1) is 5.92 Å². The van der Waals surface area contributed by atoms with Crippen LogP contribution in [0.15, 0.2) is 36.4 Å². The molecule has 0 radical (unpaired) electrons. The van der Waals surface area contributed by atoms with Crippen molar-refractivity contribution in [1.29, 1.82) is 0 Å². The Bertz CT molecular complexity index is 958. The lowest BCUT2D eigenvalue weighted by atomic mass is 9.91. The van der Waals surface area contributed by atoms with Crippen LogP contribution in [0.4, 0.5) is 0 Å². The second kappa shape index (κ2) is 7.51. The highest BCUT2D eigenvalue weighted by atomic mass is 28.4. The Morgan fingerprint density at radius 3 is 1.74 bits per heavy atom. The van der Waals surface area contributed by atoms with Crippen LogP contribution in [0.2, 0.25) is 19.6 Å². The van der Waals surface area contributed by atoms with Crippen LogP contribution in [-0.4, -0.2) is 43.9 Å². The Hall–Kier alpha value is -2.06. The van der Waals surface area contributed by atoms with Crippen LogP contribution in [0.3, 0.4) is 0 Å². The van der Waals surface area contributed by atoms with Crippen LogP contribution in [0.1, 0.15) is 22.6 Å². The van der Waals surface area contributed by atoms with Gasteiger partial charge in [0.05, 0.1) is 27.2 Å². The van der Waals surface area contributed by atoms with Gasteiger partial charge in [-0.1, -0.05) is 18.2 Å². The fraction of sp³-hybridized carbons (Fsp3) is 0.500. The van der Waals surface area contributed by atoms with E-state index >= 15 is 0 Å². The van der Waals surface area contributed by atoms with Gasteiger partial charge in [0.2, 0.25) is 5.79 Å². The van der Waals surface area contributed by atoms with E-state index in [1.165, 1.54) is 0 Å². The van der Waals surface area contributed by atoms with Crippen LogP contribution >= 0.6 is 0 Å². The van der Waals surface area contributed by atoms with Crippen molar-refractivity contribution in [3.05, 3.63) is 53.1 Å². The van der Waals surface area contributed by atoms with Gasteiger partial charge >= 0.3 is 0 Å². The van der Waals surface area contributed by atoms with Crippen molar-refractivity contribution in [1.82, 2.24) is 0 Å². The molecule has 1 fully saturated rings. The summed E-state index contributed by atoms with van der Waals surface area (Å²) in [7, 11) is 6.39. The maximum atomic E-state index is 7.04. The first-order valence-electron chi connectivity index (χ1n) is 10.4. The molecule has 3 atom stereocenters. The largest absolute Gasteiger partial charge is 0.496 e. The monoisotopic (exact) mass is 444 g/mol. The molecule has 1 saturated carbocycles. The van der Waals surface area contributed by atoms with E-state index in [2.05, 4.69) is 19.6 Å². The van der Waals surface area contributed by atoms with Crippen molar-refractivity contribution in [2.45, 2.75) is 36.9 Å². The van der Waals surface area contributed by atoms with E-state index in [0.29, 0.717) is 0 Å². The zero-order valence-electron chi connectivity index (χ0n) is 19.6. The van der Waals surface area contributed by atoms with Gasteiger partial charge in [0, 0.05) is 36.8 Å². The van der Waals surface area contributed by atoms with Crippen molar-refractivity contribution < 1.29 is 28.1 Å². The number of benzene rings is 2. The van der Waals surface area contributed by atoms with Crippen molar-refractivity contribution >= 4 is 8.32 Å². The van der Waals surface area contributed by atoms with E-state index < -0.39 is 19.7 Å². The third kappa shape index (κ3) is 2.94. The van der Waals surface area contributed by atoms with E-state index in [4.69, 9.17) is 28.1 Å². The topological polar surface area (TPSA) is 55.4 Å². The quantitative estimate of drug-likeness (QED) is 0.437. The molecule has 2 aliphatic rings. The van der Waals surface area contributed by atoms with Crippen molar-refractivity contribution in [3.8, 4) is 17.2 Å². The Labute approximate surface area is 185 Å². The maximum Gasteiger partial charge on any atom is 0.201 e. The smallest absolute Gasteiger partial charge is 0.201 e. The molecule has 6 nitrogen and oxygen atoms in total. The Morgan fingerprint density at radius 2 is 1.26 bits per heavy atom. The third-order valence-corrected chi connectivity index (χ3v) is 7.38. The summed E-state index contributed by atoms with van der Waals surface area (Å²) in [6.07, 6.45) is 0. The summed E-state index contributed by atoms with van der Waals surface area (Å²) in [6.45, 7) is 6.59. The molecular formula is C24H32O6Si. The van der Waals surface area contributed by atoms with Crippen LogP contribution in [0.5, 0.6) is 17.2 Å². The van der Waals surface area contributed by atoms with Gasteiger partial charge in [-0.25, -0.2) is 0 Å². The summed E-state index contributed by atoms with van der Waals surface area (Å²) in [4.78, 5) is 0. The molecule has 2 aliphatic carbocycles. The normalized spacial score (nSPS) is 25.5. The predicted octanol–water partition coefficient (Wildman–Crippen LogP) is 4.63. The summed E-state index contributed by atoms with van der Waals surface area (Å²) in [6, 6.07) is 11.8. The molecule has 0 spiro atoms. The summed E-state index contributed by atoms with van der Waals surface area (Å²) in [5.74, 6) is 1.10. The molecule has 0 bridgehead atoms. The summed E-state index contributed by atoms with van der Waals surface area (Å²) in [5, 5.41) is 0. The second-order valence-corrected chi connectivity index (χ2v) is 13.4. The Morgan fingerprint density at radius 1 is 0.742 bits per heavy atom. The first-order valence-corrected chi connectivity index (χ1v) is 13.9. The van der Waals surface area contributed by atoms with Gasteiger partial charge in [0.15, 0.2) is 8.32 Å². The molecule has 31 heavy (non-hydrogen) atoms. The Balaban J connectivity index is 2.05. The lowest BCUT2D eigenvalue weighted by molar-refractivity contribution is -0.232. The highest BCUT2D eigenvalue weighted by molar-refractivity contribution is 6.69. The number of hydrogen-bond donors (Lipinski definition) is 0. The minimum absolute atomic E-state index is 0.0889. The summed E-state index contributed by atoms with van der Waals surface area (Å²) >= 11 is 0. The van der Waals surface area contributed by atoms with Gasteiger partial charge in [-0.2, -0.15) is 0 Å². The molecule has 0 aliphatic heterocycles. The first-order chi connectivity index (χ1) is 14.8. The fourth-order valence-corrected chi connectivity index (χ4v) is 6.92. The maximum absolute atomic E-state index is 7.04. The third-order valence-electron chi connectivity index (χ3n) is 6.43.